The number of likely N-dealkylation sites (tertiary alicyclic amines) is 1. The van der Waals surface area contributed by atoms with Crippen molar-refractivity contribution in [1.82, 2.24) is 4.90 Å². The molecule has 2 amide bonds. The summed E-state index contributed by atoms with van der Waals surface area (Å²) in [5.74, 6) is -2.19. The van der Waals surface area contributed by atoms with Crippen molar-refractivity contribution in [2.24, 2.45) is 11.8 Å². The lowest BCUT2D eigenvalue weighted by molar-refractivity contribution is -0.384. The van der Waals surface area contributed by atoms with Crippen LogP contribution in [0.2, 0.25) is 10.0 Å². The van der Waals surface area contributed by atoms with Crippen molar-refractivity contribution < 1.29 is 24.0 Å². The van der Waals surface area contributed by atoms with E-state index in [4.69, 9.17) is 27.9 Å². The number of carbonyl (C=O) groups excluding carboxylic acids is 3. The molecule has 2 saturated heterocycles. The fourth-order valence-corrected chi connectivity index (χ4v) is 8.53. The Balaban J connectivity index is 0.00000329. The maximum Gasteiger partial charge on any atom is 0.338 e. The summed E-state index contributed by atoms with van der Waals surface area (Å²) in [5, 5.41) is 18.0. The molecule has 0 radical (unpaired) electrons. The number of amides is 2. The fourth-order valence-electron chi connectivity index (χ4n) is 7.07. The maximum atomic E-state index is 14.5. The van der Waals surface area contributed by atoms with Crippen LogP contribution in [0.1, 0.15) is 47.0 Å². The molecule has 7 rings (SSSR count). The fraction of sp³-hybridized carbons (Fsp3) is 0.367. The highest BCUT2D eigenvalue weighted by molar-refractivity contribution is 7.10. The molecule has 3 aliphatic heterocycles. The summed E-state index contributed by atoms with van der Waals surface area (Å²) in [5.41, 5.74) is -0.0804. The Bertz CT molecular complexity index is 1690. The van der Waals surface area contributed by atoms with Crippen molar-refractivity contribution in [1.29, 1.82) is 0 Å². The summed E-state index contributed by atoms with van der Waals surface area (Å²) in [6, 6.07) is 10.7. The Labute approximate surface area is 261 Å². The van der Waals surface area contributed by atoms with E-state index in [0.717, 1.165) is 29.3 Å². The monoisotopic (exact) mass is 642 g/mol. The van der Waals surface area contributed by atoms with Gasteiger partial charge in [-0.1, -0.05) is 36.7 Å². The van der Waals surface area contributed by atoms with E-state index in [9.17, 15) is 24.5 Å². The molecular weight excluding hydrogens is 615 g/mol. The third-order valence-corrected chi connectivity index (χ3v) is 10.5. The molecule has 3 aromatic rings. The maximum absolute atomic E-state index is 14.5. The number of nitrogens with zero attached hydrogens (tertiary/aromatic N) is 3. The lowest BCUT2D eigenvalue weighted by Gasteiger charge is -2.40. The van der Waals surface area contributed by atoms with Gasteiger partial charge in [0.05, 0.1) is 28.5 Å². The zero-order valence-corrected chi connectivity index (χ0v) is 24.5. The predicted molar refractivity (Wildman–Crippen MR) is 164 cm³/mol. The molecule has 1 spiro atoms. The van der Waals surface area contributed by atoms with Gasteiger partial charge in [0.15, 0.2) is 0 Å². The molecule has 224 valence electrons. The number of ether oxygens (including phenoxy) is 1. The number of fused-ring (bicyclic) bond motifs is 3. The lowest BCUT2D eigenvalue weighted by Crippen LogP contribution is -2.54. The van der Waals surface area contributed by atoms with Crippen molar-refractivity contribution >= 4 is 69.4 Å². The first-order chi connectivity index (χ1) is 20.1. The second-order valence-electron chi connectivity index (χ2n) is 11.1. The number of thiophene rings is 1. The van der Waals surface area contributed by atoms with Crippen molar-refractivity contribution in [3.63, 3.8) is 0 Å². The van der Waals surface area contributed by atoms with Crippen molar-refractivity contribution in [3.8, 4) is 0 Å². The second kappa shape index (κ2) is 10.6. The highest BCUT2D eigenvalue weighted by Gasteiger charge is 2.71. The molecule has 4 aliphatic rings. The van der Waals surface area contributed by atoms with Gasteiger partial charge in [0.1, 0.15) is 11.2 Å². The van der Waals surface area contributed by atoms with Gasteiger partial charge >= 0.3 is 5.97 Å². The molecule has 0 bridgehead atoms. The zero-order valence-electron chi connectivity index (χ0n) is 22.2. The summed E-state index contributed by atoms with van der Waals surface area (Å²) in [6.45, 7) is 0.735. The van der Waals surface area contributed by atoms with Crippen LogP contribution in [0.25, 0.3) is 0 Å². The van der Waals surface area contributed by atoms with Crippen molar-refractivity contribution in [2.45, 2.75) is 37.8 Å². The van der Waals surface area contributed by atoms with E-state index in [1.807, 2.05) is 6.07 Å². The largest absolute Gasteiger partial charge is 0.465 e. The predicted octanol–water partition coefficient (Wildman–Crippen LogP) is 6.07. The summed E-state index contributed by atoms with van der Waals surface area (Å²) >= 11 is 14.1. The topological polar surface area (TPSA) is 122 Å². The minimum absolute atomic E-state index is 0. The molecule has 43 heavy (non-hydrogen) atoms. The third kappa shape index (κ3) is 4.35. The molecule has 1 saturated carbocycles. The van der Waals surface area contributed by atoms with Crippen LogP contribution < -0.4 is 10.2 Å². The lowest BCUT2D eigenvalue weighted by atomic mass is 9.74. The van der Waals surface area contributed by atoms with E-state index in [-0.39, 0.29) is 42.7 Å². The molecule has 13 heteroatoms. The Kier molecular flexibility index (Phi) is 7.28. The highest BCUT2D eigenvalue weighted by atomic mass is 35.5. The van der Waals surface area contributed by atoms with Gasteiger partial charge in [0, 0.05) is 57.6 Å². The summed E-state index contributed by atoms with van der Waals surface area (Å²) in [4.78, 5) is 56.8. The zero-order chi connectivity index (χ0) is 29.5. The SMILES string of the molecule is C.COC(=O)c1ccc(N2C[C@H]3[C@@H](C2=O)[C@H](c2cc(Cl)cs2)[C@]2(C(=O)Nc4cc(Cl)ccc42)N3CC2CC2)c([N+](=O)[O-])c1. The normalized spacial score (nSPS) is 25.8. The van der Waals surface area contributed by atoms with Crippen LogP contribution in [0.3, 0.4) is 0 Å². The van der Waals surface area contributed by atoms with Crippen LogP contribution in [0.4, 0.5) is 17.1 Å². The van der Waals surface area contributed by atoms with Gasteiger partial charge in [0.2, 0.25) is 11.8 Å². The number of esters is 1. The number of hydrogen-bond donors (Lipinski definition) is 1. The molecule has 1 aromatic heterocycles. The summed E-state index contributed by atoms with van der Waals surface area (Å²) in [6.07, 6.45) is 2.04. The van der Waals surface area contributed by atoms with Gasteiger partial charge in [-0.15, -0.1) is 11.3 Å². The number of anilines is 2. The van der Waals surface area contributed by atoms with Gasteiger partial charge in [-0.3, -0.25) is 24.6 Å². The average molecular weight is 644 g/mol. The van der Waals surface area contributed by atoms with Gasteiger partial charge < -0.3 is 15.0 Å². The van der Waals surface area contributed by atoms with E-state index in [1.54, 1.807) is 23.6 Å². The second-order valence-corrected chi connectivity index (χ2v) is 13.0. The van der Waals surface area contributed by atoms with Crippen LogP contribution in [0, 0.1) is 22.0 Å². The van der Waals surface area contributed by atoms with E-state index in [2.05, 4.69) is 10.2 Å². The first-order valence-electron chi connectivity index (χ1n) is 13.5. The molecule has 1 aliphatic carbocycles. The van der Waals surface area contributed by atoms with Crippen LogP contribution in [0.5, 0.6) is 0 Å². The Morgan fingerprint density at radius 3 is 2.58 bits per heavy atom. The van der Waals surface area contributed by atoms with E-state index in [0.29, 0.717) is 28.2 Å². The molecule has 10 nitrogen and oxygen atoms in total. The highest BCUT2D eigenvalue weighted by Crippen LogP contribution is 2.63. The first-order valence-corrected chi connectivity index (χ1v) is 15.1. The number of nitro groups is 1. The molecule has 1 N–H and O–H groups in total. The number of methoxy groups -OCH3 is 1. The van der Waals surface area contributed by atoms with Gasteiger partial charge in [-0.05, 0) is 49.1 Å². The minimum Gasteiger partial charge on any atom is -0.465 e. The van der Waals surface area contributed by atoms with Crippen LogP contribution in [0.15, 0.2) is 47.8 Å². The Morgan fingerprint density at radius 2 is 1.93 bits per heavy atom. The van der Waals surface area contributed by atoms with E-state index in [1.165, 1.54) is 35.5 Å². The van der Waals surface area contributed by atoms with Gasteiger partial charge in [-0.2, -0.15) is 0 Å². The van der Waals surface area contributed by atoms with Crippen molar-refractivity contribution in [2.75, 3.05) is 30.4 Å². The number of carbonyl (C=O) groups is 3. The number of hydrogen-bond acceptors (Lipinski definition) is 8. The molecule has 3 fully saturated rings. The quantitative estimate of drug-likeness (QED) is 0.197. The first kappa shape index (κ1) is 29.6. The Morgan fingerprint density at radius 1 is 1.16 bits per heavy atom. The van der Waals surface area contributed by atoms with Gasteiger partial charge in [0.25, 0.3) is 5.69 Å². The van der Waals surface area contributed by atoms with Gasteiger partial charge in [-0.25, -0.2) is 4.79 Å². The summed E-state index contributed by atoms with van der Waals surface area (Å²) in [7, 11) is 1.19. The summed E-state index contributed by atoms with van der Waals surface area (Å²) < 4.78 is 4.74. The minimum atomic E-state index is -1.19. The average Bonchev–Trinajstić information content (AvgIpc) is 3.36. The van der Waals surface area contributed by atoms with E-state index < -0.39 is 34.3 Å². The number of rotatable bonds is 6. The number of nitrogens with one attached hydrogen (secondary N) is 1. The van der Waals surface area contributed by atoms with Crippen molar-refractivity contribution in [3.05, 3.63) is 84.0 Å². The standard InChI is InChI=1S/C29H24Cl2N4O6S.CH4/c1-41-27(37)15-4-7-20(21(8-15)35(39)40)33-12-22-24(26(33)36)25(23-10-17(31)13-42-23)29(34(22)11-14-2-3-14)18-6-5-16(30)9-19(18)32-28(29)38;/h4-10,13-14,22,24-25H,2-3,11-12H2,1H3,(H,32,38);1H4/t22-,24+,25-,29+;/m0./s1. The molecule has 4 heterocycles. The molecule has 2 aromatic carbocycles. The number of halogens is 2. The van der Waals surface area contributed by atoms with Crippen LogP contribution >= 0.6 is 34.5 Å². The third-order valence-electron chi connectivity index (χ3n) is 8.91. The Hall–Kier alpha value is -3.51. The van der Waals surface area contributed by atoms with Crippen LogP contribution in [-0.2, 0) is 19.9 Å². The molecular formula is C30H28Cl2N4O6S. The number of benzene rings is 2. The molecule has 0 unspecified atom stereocenters. The number of nitro benzene ring substituents is 1. The van der Waals surface area contributed by atoms with E-state index >= 15 is 0 Å². The molecule has 4 atom stereocenters. The van der Waals surface area contributed by atoms with Crippen LogP contribution in [-0.4, -0.2) is 53.8 Å². The smallest absolute Gasteiger partial charge is 0.338 e.